The molecule has 2 heteroatoms. The summed E-state index contributed by atoms with van der Waals surface area (Å²) in [6, 6.07) is 43.7. The van der Waals surface area contributed by atoms with E-state index in [9.17, 15) is 0 Å². The zero-order valence-electron chi connectivity index (χ0n) is 35.2. The van der Waals surface area contributed by atoms with Crippen molar-refractivity contribution in [2.24, 2.45) is 0 Å². The fourth-order valence-corrected chi connectivity index (χ4v) is 6.27. The van der Waals surface area contributed by atoms with Crippen LogP contribution in [0, 0.1) is 0 Å². The molecule has 54 heavy (non-hydrogen) atoms. The highest BCUT2D eigenvalue weighted by Crippen LogP contribution is 2.28. The second-order valence-corrected chi connectivity index (χ2v) is 16.4. The Morgan fingerprint density at radius 2 is 0.759 bits per heavy atom. The molecule has 0 aliphatic carbocycles. The van der Waals surface area contributed by atoms with E-state index in [1.807, 2.05) is 24.3 Å². The van der Waals surface area contributed by atoms with Gasteiger partial charge >= 0.3 is 0 Å². The molecule has 2 nitrogen and oxygen atoms in total. The summed E-state index contributed by atoms with van der Waals surface area (Å²) in [7, 11) is 0. The van der Waals surface area contributed by atoms with Crippen LogP contribution in [0.15, 0.2) is 134 Å². The van der Waals surface area contributed by atoms with E-state index in [1.54, 1.807) is 0 Å². The number of nitrogens with zero attached hydrogens (tertiary/aromatic N) is 1. The predicted molar refractivity (Wildman–Crippen MR) is 237 cm³/mol. The summed E-state index contributed by atoms with van der Waals surface area (Å²) in [5.41, 5.74) is 11.7. The molecule has 284 valence electrons. The fraction of sp³-hybridized carbons (Fsp3) is 0.346. The van der Waals surface area contributed by atoms with Gasteiger partial charge in [0.15, 0.2) is 0 Å². The van der Waals surface area contributed by atoms with Gasteiger partial charge in [0.05, 0.1) is 0 Å². The van der Waals surface area contributed by atoms with Gasteiger partial charge in [-0.1, -0.05) is 155 Å². The van der Waals surface area contributed by atoms with Crippen LogP contribution in [-0.4, -0.2) is 4.57 Å². The molecule has 0 spiro atoms. The second-order valence-electron chi connectivity index (χ2n) is 16.4. The summed E-state index contributed by atoms with van der Waals surface area (Å²) in [5, 5.41) is 1.36. The SMILES string of the molecule is C=C(c1ccc(C(C)C)cc1)c1ccc(C(C)C)cc1.CC(C)c1ccc(Oc2ccc(C(C)C)cc2)cc1.CC(C)c1ccc2c(ccn2C(C)C)c1. The number of hydrogen-bond acceptors (Lipinski definition) is 1. The maximum atomic E-state index is 5.85. The van der Waals surface area contributed by atoms with Crippen LogP contribution in [0.3, 0.4) is 0 Å². The first kappa shape index (κ1) is 41.9. The minimum atomic E-state index is 0.535. The van der Waals surface area contributed by atoms with Gasteiger partial charge in [-0.05, 0) is 136 Å². The molecule has 0 amide bonds. The first-order chi connectivity index (χ1) is 25.6. The van der Waals surface area contributed by atoms with Crippen LogP contribution in [0.25, 0.3) is 16.5 Å². The Balaban J connectivity index is 0.000000182. The van der Waals surface area contributed by atoms with E-state index in [-0.39, 0.29) is 0 Å². The van der Waals surface area contributed by atoms with Crippen molar-refractivity contribution in [1.29, 1.82) is 0 Å². The summed E-state index contributed by atoms with van der Waals surface area (Å²) in [4.78, 5) is 0. The summed E-state index contributed by atoms with van der Waals surface area (Å²) >= 11 is 0. The molecular weight excluding hydrogens is 655 g/mol. The monoisotopic (exact) mass is 720 g/mol. The van der Waals surface area contributed by atoms with Gasteiger partial charge in [0.1, 0.15) is 11.5 Å². The van der Waals surface area contributed by atoms with Crippen molar-refractivity contribution in [3.63, 3.8) is 0 Å². The van der Waals surface area contributed by atoms with Crippen molar-refractivity contribution in [2.75, 3.05) is 0 Å². The maximum Gasteiger partial charge on any atom is 0.127 e. The van der Waals surface area contributed by atoms with Gasteiger partial charge in [-0.25, -0.2) is 0 Å². The minimum Gasteiger partial charge on any atom is -0.457 e. The second kappa shape index (κ2) is 19.5. The van der Waals surface area contributed by atoms with Crippen molar-refractivity contribution in [3.8, 4) is 11.5 Å². The third-order valence-corrected chi connectivity index (χ3v) is 10.1. The molecule has 0 saturated heterocycles. The summed E-state index contributed by atoms with van der Waals surface area (Å²) < 4.78 is 8.17. The molecule has 0 aliphatic heterocycles. The smallest absolute Gasteiger partial charge is 0.127 e. The molecule has 0 aliphatic rings. The lowest BCUT2D eigenvalue weighted by Gasteiger charge is -2.11. The molecule has 0 fully saturated rings. The Bertz CT molecular complexity index is 1920. The fourth-order valence-electron chi connectivity index (χ4n) is 6.27. The third-order valence-electron chi connectivity index (χ3n) is 10.1. The lowest BCUT2D eigenvalue weighted by Crippen LogP contribution is -1.98. The molecule has 0 saturated carbocycles. The van der Waals surface area contributed by atoms with Crippen LogP contribution < -0.4 is 4.74 Å². The van der Waals surface area contributed by atoms with Gasteiger partial charge in [0, 0.05) is 17.8 Å². The van der Waals surface area contributed by atoms with E-state index in [4.69, 9.17) is 4.74 Å². The Hall–Kier alpha value is -4.82. The Labute approximate surface area is 327 Å². The molecule has 0 bridgehead atoms. The van der Waals surface area contributed by atoms with E-state index in [2.05, 4.69) is 197 Å². The topological polar surface area (TPSA) is 14.2 Å². The van der Waals surface area contributed by atoms with E-state index >= 15 is 0 Å². The quantitative estimate of drug-likeness (QED) is 0.137. The van der Waals surface area contributed by atoms with Crippen LogP contribution in [0.2, 0.25) is 0 Å². The average Bonchev–Trinajstić information content (AvgIpc) is 3.60. The Kier molecular flexibility index (Phi) is 15.1. The molecular formula is C52H65NO. The highest BCUT2D eigenvalue weighted by Gasteiger charge is 2.08. The Morgan fingerprint density at radius 3 is 1.09 bits per heavy atom. The minimum absolute atomic E-state index is 0.535. The molecule has 0 radical (unpaired) electrons. The van der Waals surface area contributed by atoms with Gasteiger partial charge in [0.2, 0.25) is 0 Å². The molecule has 0 N–H and O–H groups in total. The van der Waals surface area contributed by atoms with E-state index in [0.717, 1.165) is 17.1 Å². The molecule has 1 heterocycles. The number of fused-ring (bicyclic) bond motifs is 1. The van der Waals surface area contributed by atoms with E-state index < -0.39 is 0 Å². The first-order valence-corrected chi connectivity index (χ1v) is 20.0. The number of benzene rings is 5. The van der Waals surface area contributed by atoms with Crippen LogP contribution in [0.1, 0.15) is 158 Å². The molecule has 6 aromatic rings. The van der Waals surface area contributed by atoms with Gasteiger partial charge < -0.3 is 9.30 Å². The number of hydrogen-bond donors (Lipinski definition) is 0. The van der Waals surface area contributed by atoms with Crippen molar-refractivity contribution in [2.45, 2.75) is 119 Å². The number of rotatable bonds is 10. The van der Waals surface area contributed by atoms with Crippen molar-refractivity contribution in [1.82, 2.24) is 4.57 Å². The number of aromatic nitrogens is 1. The zero-order chi connectivity index (χ0) is 39.5. The lowest BCUT2D eigenvalue weighted by molar-refractivity contribution is 0.482. The third kappa shape index (κ3) is 11.6. The summed E-state index contributed by atoms with van der Waals surface area (Å²) in [6.07, 6.45) is 2.18. The highest BCUT2D eigenvalue weighted by atomic mass is 16.5. The van der Waals surface area contributed by atoms with Crippen molar-refractivity contribution >= 4 is 16.5 Å². The predicted octanol–water partition coefficient (Wildman–Crippen LogP) is 16.1. The summed E-state index contributed by atoms with van der Waals surface area (Å²) in [5.74, 6) is 4.64. The van der Waals surface area contributed by atoms with Crippen LogP contribution in [0.4, 0.5) is 0 Å². The van der Waals surface area contributed by atoms with Gasteiger partial charge in [0.25, 0.3) is 0 Å². The Morgan fingerprint density at radius 1 is 0.426 bits per heavy atom. The normalized spacial score (nSPS) is 11.3. The highest BCUT2D eigenvalue weighted by molar-refractivity contribution is 5.81. The molecule has 0 atom stereocenters. The number of ether oxygens (including phenoxy) is 1. The molecule has 0 unspecified atom stereocenters. The zero-order valence-corrected chi connectivity index (χ0v) is 35.2. The summed E-state index contributed by atoms with van der Waals surface area (Å²) in [6.45, 7) is 30.8. The van der Waals surface area contributed by atoms with E-state index in [1.165, 1.54) is 49.8 Å². The van der Waals surface area contributed by atoms with Gasteiger partial charge in [-0.3, -0.25) is 0 Å². The molecule has 5 aromatic carbocycles. The molecule has 6 rings (SSSR count). The first-order valence-electron chi connectivity index (χ1n) is 20.0. The van der Waals surface area contributed by atoms with Gasteiger partial charge in [-0.15, -0.1) is 0 Å². The van der Waals surface area contributed by atoms with Crippen molar-refractivity contribution in [3.05, 3.63) is 173 Å². The van der Waals surface area contributed by atoms with E-state index in [0.29, 0.717) is 35.6 Å². The van der Waals surface area contributed by atoms with Crippen LogP contribution in [0.5, 0.6) is 11.5 Å². The van der Waals surface area contributed by atoms with Crippen LogP contribution in [-0.2, 0) is 0 Å². The van der Waals surface area contributed by atoms with Crippen molar-refractivity contribution < 1.29 is 4.74 Å². The molecule has 1 aromatic heterocycles. The van der Waals surface area contributed by atoms with Gasteiger partial charge in [-0.2, -0.15) is 0 Å². The maximum absolute atomic E-state index is 5.85. The lowest BCUT2D eigenvalue weighted by atomic mass is 9.94. The van der Waals surface area contributed by atoms with Crippen LogP contribution >= 0.6 is 0 Å². The standard InChI is InChI=1S/C20H24.C18H22O.C14H19N/c1-14(2)17-6-10-19(11-7-17)16(5)20-12-8-18(9-13-20)15(3)4;1-13(2)15-5-9-17(10-6-15)19-18-11-7-16(8-12-18)14(3)4;1-10(2)12-5-6-14-13(9-12)7-8-15(14)11(3)4/h6-15H,5H2,1-4H3;5-14H,1-4H3;5-11H,1-4H3. The average molecular weight is 720 g/mol. The largest absolute Gasteiger partial charge is 0.457 e.